The molecule has 1 N–H and O–H groups in total. The molecule has 24 heavy (non-hydrogen) atoms. The minimum Gasteiger partial charge on any atom is -0.481 e. The van der Waals surface area contributed by atoms with Crippen LogP contribution in [0.1, 0.15) is 30.5 Å². The standard InChI is InChI=1S/C19H20FNO2S/c1-12-4-3-5-15(10-12)23-13(2)19(22)21-17-8-9-24-18-7-6-14(20)11-16(17)18/h3-7,10-11,13,17H,8-9H2,1-2H3,(H,21,22)/t13-,17+/m0/s1. The van der Waals surface area contributed by atoms with Gasteiger partial charge in [-0.15, -0.1) is 11.8 Å². The Balaban J connectivity index is 1.68. The van der Waals surface area contributed by atoms with Crippen LogP contribution < -0.4 is 10.1 Å². The molecule has 3 rings (SSSR count). The van der Waals surface area contributed by atoms with Crippen LogP contribution in [0.25, 0.3) is 0 Å². The van der Waals surface area contributed by atoms with Crippen LogP contribution in [-0.2, 0) is 4.79 Å². The SMILES string of the molecule is Cc1cccc(O[C@@H](C)C(=O)N[C@@H]2CCSc3ccc(F)cc32)c1. The molecule has 126 valence electrons. The maximum Gasteiger partial charge on any atom is 0.261 e. The van der Waals surface area contributed by atoms with Gasteiger partial charge in [-0.1, -0.05) is 12.1 Å². The number of rotatable bonds is 4. The molecule has 1 aliphatic rings. The maximum atomic E-state index is 13.5. The topological polar surface area (TPSA) is 38.3 Å². The van der Waals surface area contributed by atoms with E-state index in [9.17, 15) is 9.18 Å². The summed E-state index contributed by atoms with van der Waals surface area (Å²) in [6, 6.07) is 12.2. The zero-order chi connectivity index (χ0) is 17.1. The van der Waals surface area contributed by atoms with E-state index in [-0.39, 0.29) is 17.8 Å². The number of fused-ring (bicyclic) bond motifs is 1. The molecule has 0 aliphatic carbocycles. The highest BCUT2D eigenvalue weighted by atomic mass is 32.2. The van der Waals surface area contributed by atoms with Gasteiger partial charge in [0.15, 0.2) is 6.10 Å². The summed E-state index contributed by atoms with van der Waals surface area (Å²) in [7, 11) is 0. The maximum absolute atomic E-state index is 13.5. The van der Waals surface area contributed by atoms with Crippen LogP contribution in [0.3, 0.4) is 0 Å². The van der Waals surface area contributed by atoms with Crippen LogP contribution in [0.4, 0.5) is 4.39 Å². The molecular formula is C19H20FNO2S. The van der Waals surface area contributed by atoms with Gasteiger partial charge in [-0.25, -0.2) is 4.39 Å². The van der Waals surface area contributed by atoms with Crippen molar-refractivity contribution in [3.05, 3.63) is 59.4 Å². The number of carbonyl (C=O) groups excluding carboxylic acids is 1. The van der Waals surface area contributed by atoms with Crippen molar-refractivity contribution in [3.63, 3.8) is 0 Å². The number of halogens is 1. The lowest BCUT2D eigenvalue weighted by Crippen LogP contribution is -2.39. The Hall–Kier alpha value is -2.01. The zero-order valence-electron chi connectivity index (χ0n) is 13.7. The Morgan fingerprint density at radius 1 is 1.33 bits per heavy atom. The largest absolute Gasteiger partial charge is 0.481 e. The average molecular weight is 345 g/mol. The fourth-order valence-electron chi connectivity index (χ4n) is 2.75. The number of benzene rings is 2. The van der Waals surface area contributed by atoms with Crippen molar-refractivity contribution in [2.75, 3.05) is 5.75 Å². The summed E-state index contributed by atoms with van der Waals surface area (Å²) in [4.78, 5) is 13.5. The third kappa shape index (κ3) is 3.90. The minimum atomic E-state index is -0.613. The van der Waals surface area contributed by atoms with E-state index in [1.165, 1.54) is 12.1 Å². The summed E-state index contributed by atoms with van der Waals surface area (Å²) < 4.78 is 19.3. The fourth-order valence-corrected chi connectivity index (χ4v) is 3.86. The highest BCUT2D eigenvalue weighted by molar-refractivity contribution is 7.99. The number of ether oxygens (including phenoxy) is 1. The molecule has 0 fully saturated rings. The molecule has 2 atom stereocenters. The number of nitrogens with one attached hydrogen (secondary N) is 1. The van der Waals surface area contributed by atoms with Crippen molar-refractivity contribution >= 4 is 17.7 Å². The number of carbonyl (C=O) groups is 1. The normalized spacial score (nSPS) is 17.7. The Bertz CT molecular complexity index is 750. The van der Waals surface area contributed by atoms with Gasteiger partial charge in [0.05, 0.1) is 6.04 Å². The van der Waals surface area contributed by atoms with Gasteiger partial charge in [-0.3, -0.25) is 4.79 Å². The molecule has 0 bridgehead atoms. The van der Waals surface area contributed by atoms with E-state index >= 15 is 0 Å². The molecule has 1 heterocycles. The van der Waals surface area contributed by atoms with E-state index in [0.717, 1.165) is 28.2 Å². The lowest BCUT2D eigenvalue weighted by atomic mass is 10.0. The van der Waals surface area contributed by atoms with Crippen LogP contribution in [0.5, 0.6) is 5.75 Å². The number of amides is 1. The summed E-state index contributed by atoms with van der Waals surface area (Å²) in [5.41, 5.74) is 1.93. The van der Waals surface area contributed by atoms with Gasteiger partial charge >= 0.3 is 0 Å². The molecule has 0 saturated carbocycles. The van der Waals surface area contributed by atoms with Gasteiger partial charge in [-0.05, 0) is 61.7 Å². The second-order valence-corrected chi connectivity index (χ2v) is 7.09. The van der Waals surface area contributed by atoms with E-state index in [1.807, 2.05) is 31.2 Å². The number of aryl methyl sites for hydroxylation is 1. The van der Waals surface area contributed by atoms with Crippen LogP contribution in [0, 0.1) is 12.7 Å². The molecule has 3 nitrogen and oxygen atoms in total. The van der Waals surface area contributed by atoms with Crippen molar-refractivity contribution in [1.82, 2.24) is 5.32 Å². The molecule has 2 aromatic carbocycles. The molecule has 1 aliphatic heterocycles. The van der Waals surface area contributed by atoms with Gasteiger partial charge in [-0.2, -0.15) is 0 Å². The van der Waals surface area contributed by atoms with Gasteiger partial charge in [0.2, 0.25) is 0 Å². The minimum absolute atomic E-state index is 0.173. The molecule has 0 radical (unpaired) electrons. The quantitative estimate of drug-likeness (QED) is 0.900. The van der Waals surface area contributed by atoms with Gasteiger partial charge in [0.25, 0.3) is 5.91 Å². The van der Waals surface area contributed by atoms with Gasteiger partial charge in [0.1, 0.15) is 11.6 Å². The third-order valence-electron chi connectivity index (χ3n) is 4.00. The highest BCUT2D eigenvalue weighted by Crippen LogP contribution is 2.36. The molecule has 2 aromatic rings. The number of thioether (sulfide) groups is 1. The Labute approximate surface area is 145 Å². The Kier molecular flexibility index (Phi) is 5.09. The predicted octanol–water partition coefficient (Wildman–Crippen LogP) is 4.25. The van der Waals surface area contributed by atoms with Crippen molar-refractivity contribution in [2.45, 2.75) is 37.3 Å². The van der Waals surface area contributed by atoms with E-state index < -0.39 is 6.10 Å². The zero-order valence-corrected chi connectivity index (χ0v) is 14.5. The summed E-state index contributed by atoms with van der Waals surface area (Å²) in [5, 5.41) is 2.99. The van der Waals surface area contributed by atoms with Crippen molar-refractivity contribution < 1.29 is 13.9 Å². The first-order valence-electron chi connectivity index (χ1n) is 7.99. The number of hydrogen-bond acceptors (Lipinski definition) is 3. The lowest BCUT2D eigenvalue weighted by Gasteiger charge is -2.27. The second-order valence-electron chi connectivity index (χ2n) is 5.96. The third-order valence-corrected chi connectivity index (χ3v) is 5.12. The van der Waals surface area contributed by atoms with Crippen LogP contribution in [0.15, 0.2) is 47.4 Å². The molecular weight excluding hydrogens is 325 g/mol. The molecule has 0 saturated heterocycles. The van der Waals surface area contributed by atoms with E-state index in [2.05, 4.69) is 5.32 Å². The van der Waals surface area contributed by atoms with Gasteiger partial charge < -0.3 is 10.1 Å². The van der Waals surface area contributed by atoms with Crippen molar-refractivity contribution in [2.24, 2.45) is 0 Å². The van der Waals surface area contributed by atoms with E-state index in [4.69, 9.17) is 4.74 Å². The number of hydrogen-bond donors (Lipinski definition) is 1. The molecule has 0 unspecified atom stereocenters. The summed E-state index contributed by atoms with van der Waals surface area (Å²) in [6.45, 7) is 3.70. The predicted molar refractivity (Wildman–Crippen MR) is 93.9 cm³/mol. The van der Waals surface area contributed by atoms with Crippen molar-refractivity contribution in [3.8, 4) is 5.75 Å². The van der Waals surface area contributed by atoms with E-state index in [1.54, 1.807) is 24.8 Å². The molecule has 5 heteroatoms. The first-order valence-corrected chi connectivity index (χ1v) is 8.97. The summed E-state index contributed by atoms with van der Waals surface area (Å²) in [6.07, 6.45) is 0.169. The average Bonchev–Trinajstić information content (AvgIpc) is 2.55. The summed E-state index contributed by atoms with van der Waals surface area (Å²) >= 11 is 1.69. The fraction of sp³-hybridized carbons (Fsp3) is 0.316. The van der Waals surface area contributed by atoms with Gasteiger partial charge in [0, 0.05) is 10.6 Å². The highest BCUT2D eigenvalue weighted by Gasteiger charge is 2.25. The summed E-state index contributed by atoms with van der Waals surface area (Å²) in [5.74, 6) is 1.10. The van der Waals surface area contributed by atoms with Crippen LogP contribution in [0.2, 0.25) is 0 Å². The first kappa shape index (κ1) is 16.8. The van der Waals surface area contributed by atoms with Crippen LogP contribution >= 0.6 is 11.8 Å². The molecule has 0 aromatic heterocycles. The van der Waals surface area contributed by atoms with Crippen LogP contribution in [-0.4, -0.2) is 17.8 Å². The van der Waals surface area contributed by atoms with Crippen molar-refractivity contribution in [1.29, 1.82) is 0 Å². The van der Waals surface area contributed by atoms with E-state index in [0.29, 0.717) is 5.75 Å². The monoisotopic (exact) mass is 345 g/mol. The lowest BCUT2D eigenvalue weighted by molar-refractivity contribution is -0.128. The smallest absolute Gasteiger partial charge is 0.261 e. The molecule has 0 spiro atoms. The second kappa shape index (κ2) is 7.26. The Morgan fingerprint density at radius 3 is 2.96 bits per heavy atom. The Morgan fingerprint density at radius 2 is 2.17 bits per heavy atom. The first-order chi connectivity index (χ1) is 11.5. The molecule has 1 amide bonds.